The van der Waals surface area contributed by atoms with Gasteiger partial charge in [-0.15, -0.1) is 0 Å². The van der Waals surface area contributed by atoms with Crippen LogP contribution in [-0.2, 0) is 0 Å². The number of aryl methyl sites for hydroxylation is 1. The Morgan fingerprint density at radius 2 is 1.96 bits per heavy atom. The van der Waals surface area contributed by atoms with E-state index in [0.29, 0.717) is 5.56 Å². The molecule has 0 aliphatic carbocycles. The molecule has 2 aromatic rings. The highest BCUT2D eigenvalue weighted by Gasteiger charge is 2.23. The van der Waals surface area contributed by atoms with Crippen LogP contribution in [0.1, 0.15) is 27.0 Å². The summed E-state index contributed by atoms with van der Waals surface area (Å²) in [5.41, 5.74) is 13.8. The first-order valence-electron chi connectivity index (χ1n) is 7.34. The highest BCUT2D eigenvalue weighted by molar-refractivity contribution is 6.03. The Balaban J connectivity index is 2.16. The van der Waals surface area contributed by atoms with E-state index in [4.69, 9.17) is 16.2 Å². The zero-order chi connectivity index (χ0) is 17.3. The number of guanidine groups is 1. The molecule has 5 nitrogen and oxygen atoms in total. The maximum Gasteiger partial charge on any atom is 0.280 e. The minimum atomic E-state index is -0.702. The number of nitrogens with two attached hydrogens (primary N) is 2. The van der Waals surface area contributed by atoms with E-state index in [1.54, 1.807) is 6.07 Å². The van der Waals surface area contributed by atoms with Crippen molar-refractivity contribution in [1.29, 1.82) is 0 Å². The standard InChI is InChI=1S/C18H16FN3O2/c1-10-4-2-3-5-12(10)13-6-7-24-16-14(13)8-11(9-15(16)19)17(23)22-18(20)21/h2-6,8-9H,7H2,1H3,(H4,20,21,22,23). The maximum atomic E-state index is 14.4. The predicted octanol–water partition coefficient (Wildman–Crippen LogP) is 2.37. The van der Waals surface area contributed by atoms with E-state index >= 15 is 0 Å². The summed E-state index contributed by atoms with van der Waals surface area (Å²) in [6.07, 6.45) is 1.86. The van der Waals surface area contributed by atoms with E-state index in [-0.39, 0.29) is 23.9 Å². The van der Waals surface area contributed by atoms with E-state index in [1.807, 2.05) is 37.3 Å². The minimum absolute atomic E-state index is 0.0598. The molecule has 4 N–H and O–H groups in total. The zero-order valence-corrected chi connectivity index (χ0v) is 13.0. The van der Waals surface area contributed by atoms with Crippen LogP contribution in [0.15, 0.2) is 47.5 Å². The number of nitrogens with zero attached hydrogens (tertiary/aromatic N) is 1. The van der Waals surface area contributed by atoms with E-state index in [1.165, 1.54) is 0 Å². The van der Waals surface area contributed by atoms with Crippen molar-refractivity contribution in [1.82, 2.24) is 0 Å². The fourth-order valence-electron chi connectivity index (χ4n) is 2.69. The van der Waals surface area contributed by atoms with Crippen molar-refractivity contribution in [2.24, 2.45) is 16.5 Å². The van der Waals surface area contributed by atoms with Crippen LogP contribution in [0.5, 0.6) is 5.75 Å². The number of hydrogen-bond acceptors (Lipinski definition) is 2. The van der Waals surface area contributed by atoms with Crippen LogP contribution in [0.25, 0.3) is 5.57 Å². The summed E-state index contributed by atoms with van der Waals surface area (Å²) in [7, 11) is 0. The van der Waals surface area contributed by atoms with Crippen molar-refractivity contribution < 1.29 is 13.9 Å². The van der Waals surface area contributed by atoms with Crippen LogP contribution in [0.2, 0.25) is 0 Å². The van der Waals surface area contributed by atoms with Gasteiger partial charge in [0.25, 0.3) is 5.91 Å². The molecule has 0 saturated carbocycles. The van der Waals surface area contributed by atoms with Crippen molar-refractivity contribution in [3.63, 3.8) is 0 Å². The molecule has 1 aliphatic heterocycles. The number of halogens is 1. The average Bonchev–Trinajstić information content (AvgIpc) is 2.54. The fourth-order valence-corrected chi connectivity index (χ4v) is 2.69. The van der Waals surface area contributed by atoms with Gasteiger partial charge >= 0.3 is 0 Å². The van der Waals surface area contributed by atoms with E-state index < -0.39 is 11.7 Å². The van der Waals surface area contributed by atoms with Crippen molar-refractivity contribution >= 4 is 17.4 Å². The first kappa shape index (κ1) is 15.7. The Bertz CT molecular complexity index is 884. The summed E-state index contributed by atoms with van der Waals surface area (Å²) in [4.78, 5) is 15.5. The number of ether oxygens (including phenoxy) is 1. The summed E-state index contributed by atoms with van der Waals surface area (Å²) < 4.78 is 19.8. The van der Waals surface area contributed by atoms with Gasteiger partial charge in [-0.3, -0.25) is 4.79 Å². The molecule has 24 heavy (non-hydrogen) atoms. The number of fused-ring (bicyclic) bond motifs is 1. The van der Waals surface area contributed by atoms with Gasteiger partial charge < -0.3 is 16.2 Å². The van der Waals surface area contributed by atoms with Crippen LogP contribution in [0, 0.1) is 12.7 Å². The van der Waals surface area contributed by atoms with Crippen LogP contribution < -0.4 is 16.2 Å². The Morgan fingerprint density at radius 3 is 2.67 bits per heavy atom. The van der Waals surface area contributed by atoms with E-state index in [2.05, 4.69) is 4.99 Å². The van der Waals surface area contributed by atoms with E-state index in [9.17, 15) is 9.18 Å². The number of carbonyl (C=O) groups excluding carboxylic acids is 1. The Morgan fingerprint density at radius 1 is 1.21 bits per heavy atom. The molecule has 0 spiro atoms. The Kier molecular flexibility index (Phi) is 4.04. The molecule has 6 heteroatoms. The first-order valence-corrected chi connectivity index (χ1v) is 7.34. The molecular formula is C18H16FN3O2. The molecule has 0 fully saturated rings. The third kappa shape index (κ3) is 2.86. The average molecular weight is 325 g/mol. The smallest absolute Gasteiger partial charge is 0.280 e. The third-order valence-corrected chi connectivity index (χ3v) is 3.76. The van der Waals surface area contributed by atoms with Crippen molar-refractivity contribution in [2.45, 2.75) is 6.92 Å². The molecule has 0 saturated heterocycles. The molecule has 0 radical (unpaired) electrons. The number of amides is 1. The molecule has 0 bridgehead atoms. The van der Waals surface area contributed by atoms with Crippen LogP contribution in [0.3, 0.4) is 0 Å². The summed E-state index contributed by atoms with van der Waals surface area (Å²) in [6.45, 7) is 2.23. The summed E-state index contributed by atoms with van der Waals surface area (Å²) in [6, 6.07) is 10.4. The number of hydrogen-bond donors (Lipinski definition) is 2. The molecule has 0 aromatic heterocycles. The minimum Gasteiger partial charge on any atom is -0.486 e. The quantitative estimate of drug-likeness (QED) is 0.655. The monoisotopic (exact) mass is 325 g/mol. The molecule has 122 valence electrons. The lowest BCUT2D eigenvalue weighted by molar-refractivity contribution is 0.100. The van der Waals surface area contributed by atoms with Crippen molar-refractivity contribution in [3.8, 4) is 5.75 Å². The lowest BCUT2D eigenvalue weighted by Crippen LogP contribution is -2.24. The van der Waals surface area contributed by atoms with Crippen molar-refractivity contribution in [2.75, 3.05) is 6.61 Å². The second-order valence-corrected chi connectivity index (χ2v) is 5.42. The Labute approximate surface area is 138 Å². The topological polar surface area (TPSA) is 90.7 Å². The van der Waals surface area contributed by atoms with Gasteiger partial charge in [0, 0.05) is 11.1 Å². The summed E-state index contributed by atoms with van der Waals surface area (Å²) in [5, 5.41) is 0. The lowest BCUT2D eigenvalue weighted by Gasteiger charge is -2.21. The number of aliphatic imine (C=N–C) groups is 1. The lowest BCUT2D eigenvalue weighted by atomic mass is 9.91. The van der Waals surface area contributed by atoms with Gasteiger partial charge in [0.1, 0.15) is 6.61 Å². The molecule has 0 atom stereocenters. The molecule has 1 amide bonds. The molecule has 1 heterocycles. The number of carbonyl (C=O) groups is 1. The highest BCUT2D eigenvalue weighted by Crippen LogP contribution is 2.38. The van der Waals surface area contributed by atoms with Gasteiger partial charge in [-0.25, -0.2) is 4.39 Å². The van der Waals surface area contributed by atoms with Gasteiger partial charge in [-0.2, -0.15) is 4.99 Å². The highest BCUT2D eigenvalue weighted by atomic mass is 19.1. The van der Waals surface area contributed by atoms with Crippen LogP contribution in [-0.4, -0.2) is 18.5 Å². The predicted molar refractivity (Wildman–Crippen MR) is 90.3 cm³/mol. The molecular weight excluding hydrogens is 309 g/mol. The molecule has 0 unspecified atom stereocenters. The normalized spacial score (nSPS) is 12.7. The largest absolute Gasteiger partial charge is 0.486 e. The summed E-state index contributed by atoms with van der Waals surface area (Å²) >= 11 is 0. The molecule has 2 aromatic carbocycles. The zero-order valence-electron chi connectivity index (χ0n) is 13.0. The number of rotatable bonds is 2. The maximum absolute atomic E-state index is 14.4. The SMILES string of the molecule is Cc1ccccc1C1=CCOc2c(F)cc(C(=O)N=C(N)N)cc21. The molecule has 3 rings (SSSR count). The van der Waals surface area contributed by atoms with Gasteiger partial charge in [0.05, 0.1) is 0 Å². The summed E-state index contributed by atoms with van der Waals surface area (Å²) in [5.74, 6) is -1.58. The molecule has 1 aliphatic rings. The van der Waals surface area contributed by atoms with Gasteiger partial charge in [0.15, 0.2) is 17.5 Å². The van der Waals surface area contributed by atoms with E-state index in [0.717, 1.165) is 22.8 Å². The number of benzene rings is 2. The van der Waals surface area contributed by atoms with Gasteiger partial charge in [-0.1, -0.05) is 24.3 Å². The first-order chi connectivity index (χ1) is 11.5. The van der Waals surface area contributed by atoms with Gasteiger partial charge in [0.2, 0.25) is 0 Å². The van der Waals surface area contributed by atoms with Gasteiger partial charge in [-0.05, 0) is 41.8 Å². The van der Waals surface area contributed by atoms with Crippen LogP contribution in [0.4, 0.5) is 4.39 Å². The van der Waals surface area contributed by atoms with Crippen molar-refractivity contribution in [3.05, 3.63) is 70.5 Å². The second kappa shape index (κ2) is 6.16. The van der Waals surface area contributed by atoms with Crippen LogP contribution >= 0.6 is 0 Å². The third-order valence-electron chi connectivity index (χ3n) is 3.76. The second-order valence-electron chi connectivity index (χ2n) is 5.42. The Hall–Kier alpha value is -3.15. The fraction of sp³-hybridized carbons (Fsp3) is 0.111.